The van der Waals surface area contributed by atoms with Crippen LogP contribution in [-0.2, 0) is 4.79 Å². The third-order valence-electron chi connectivity index (χ3n) is 4.83. The highest BCUT2D eigenvalue weighted by Gasteiger charge is 2.33. The molecule has 0 bridgehead atoms. The fourth-order valence-electron chi connectivity index (χ4n) is 3.64. The number of fused-ring (bicyclic) bond motifs is 1. The van der Waals surface area contributed by atoms with Crippen LogP contribution in [0.25, 0.3) is 0 Å². The molecular weight excluding hydrogens is 262 g/mol. The Bertz CT molecular complexity index is 476. The van der Waals surface area contributed by atoms with E-state index in [1.807, 2.05) is 42.2 Å². The summed E-state index contributed by atoms with van der Waals surface area (Å²) in [4.78, 5) is 16.8. The Hall–Kier alpha value is -1.39. The first-order valence-electron chi connectivity index (χ1n) is 8.06. The third kappa shape index (κ3) is 3.27. The molecule has 114 valence electrons. The fraction of sp³-hybridized carbons (Fsp3) is 0.588. The summed E-state index contributed by atoms with van der Waals surface area (Å²) in [6.07, 6.45) is 1.22. The molecule has 1 aromatic carbocycles. The fourth-order valence-corrected chi connectivity index (χ4v) is 3.64. The minimum Gasteiger partial charge on any atom is -0.316 e. The zero-order chi connectivity index (χ0) is 14.7. The number of likely N-dealkylation sites (N-methyl/N-ethyl adjacent to an activating group) is 1. The zero-order valence-corrected chi connectivity index (χ0v) is 12.8. The largest absolute Gasteiger partial charge is 0.316 e. The number of para-hydroxylation sites is 1. The quantitative estimate of drug-likeness (QED) is 0.913. The lowest BCUT2D eigenvalue weighted by Gasteiger charge is -2.35. The van der Waals surface area contributed by atoms with Crippen molar-refractivity contribution in [3.05, 3.63) is 30.3 Å². The van der Waals surface area contributed by atoms with E-state index >= 15 is 0 Å². The van der Waals surface area contributed by atoms with Gasteiger partial charge >= 0.3 is 0 Å². The van der Waals surface area contributed by atoms with Crippen molar-refractivity contribution in [1.29, 1.82) is 0 Å². The number of hydrogen-bond donors (Lipinski definition) is 1. The van der Waals surface area contributed by atoms with Crippen LogP contribution in [0.5, 0.6) is 0 Å². The van der Waals surface area contributed by atoms with Gasteiger partial charge in [0.05, 0.1) is 6.54 Å². The van der Waals surface area contributed by atoms with Gasteiger partial charge in [-0.1, -0.05) is 18.2 Å². The summed E-state index contributed by atoms with van der Waals surface area (Å²) in [6, 6.07) is 9.98. The molecule has 4 heteroatoms. The number of anilines is 1. The van der Waals surface area contributed by atoms with Crippen LogP contribution in [0, 0.1) is 11.8 Å². The molecule has 4 nitrogen and oxygen atoms in total. The molecule has 2 aliphatic heterocycles. The summed E-state index contributed by atoms with van der Waals surface area (Å²) in [5, 5.41) is 3.48. The molecule has 1 aromatic rings. The van der Waals surface area contributed by atoms with Crippen molar-refractivity contribution in [2.24, 2.45) is 11.8 Å². The molecule has 2 atom stereocenters. The van der Waals surface area contributed by atoms with Crippen molar-refractivity contribution in [2.75, 3.05) is 44.2 Å². The van der Waals surface area contributed by atoms with E-state index in [9.17, 15) is 4.79 Å². The van der Waals surface area contributed by atoms with Crippen molar-refractivity contribution in [2.45, 2.75) is 13.3 Å². The summed E-state index contributed by atoms with van der Waals surface area (Å²) >= 11 is 0. The van der Waals surface area contributed by atoms with Crippen molar-refractivity contribution >= 4 is 11.6 Å². The second kappa shape index (κ2) is 6.58. The number of hydrogen-bond acceptors (Lipinski definition) is 3. The van der Waals surface area contributed by atoms with E-state index in [-0.39, 0.29) is 5.91 Å². The van der Waals surface area contributed by atoms with Crippen molar-refractivity contribution in [3.63, 3.8) is 0 Å². The Morgan fingerprint density at radius 3 is 2.81 bits per heavy atom. The first kappa shape index (κ1) is 14.5. The molecule has 1 N–H and O–H groups in total. The van der Waals surface area contributed by atoms with Crippen LogP contribution in [0.3, 0.4) is 0 Å². The molecule has 0 aliphatic carbocycles. The summed E-state index contributed by atoms with van der Waals surface area (Å²) in [5.74, 6) is 1.78. The molecule has 0 radical (unpaired) electrons. The second-order valence-corrected chi connectivity index (χ2v) is 6.18. The SMILES string of the molecule is CCN(C(=O)CN1CCC2CNCC2C1)c1ccccc1. The minimum absolute atomic E-state index is 0.216. The van der Waals surface area contributed by atoms with Crippen molar-refractivity contribution in [1.82, 2.24) is 10.2 Å². The number of carbonyl (C=O) groups excluding carboxylic acids is 1. The van der Waals surface area contributed by atoms with Crippen molar-refractivity contribution < 1.29 is 4.79 Å². The van der Waals surface area contributed by atoms with Gasteiger partial charge < -0.3 is 10.2 Å². The second-order valence-electron chi connectivity index (χ2n) is 6.18. The Kier molecular flexibility index (Phi) is 4.56. The van der Waals surface area contributed by atoms with Crippen molar-refractivity contribution in [3.8, 4) is 0 Å². The maximum Gasteiger partial charge on any atom is 0.241 e. The van der Waals surface area contributed by atoms with Gasteiger partial charge in [-0.2, -0.15) is 0 Å². The predicted octanol–water partition coefficient (Wildman–Crippen LogP) is 1.58. The van der Waals surface area contributed by atoms with E-state index in [4.69, 9.17) is 0 Å². The van der Waals surface area contributed by atoms with E-state index in [1.165, 1.54) is 6.42 Å². The van der Waals surface area contributed by atoms with Crippen LogP contribution in [0.2, 0.25) is 0 Å². The van der Waals surface area contributed by atoms with Crippen LogP contribution in [0.1, 0.15) is 13.3 Å². The van der Waals surface area contributed by atoms with Crippen LogP contribution < -0.4 is 10.2 Å². The van der Waals surface area contributed by atoms with Gasteiger partial charge in [0.2, 0.25) is 5.91 Å². The highest BCUT2D eigenvalue weighted by atomic mass is 16.2. The number of benzene rings is 1. The highest BCUT2D eigenvalue weighted by Crippen LogP contribution is 2.26. The van der Waals surface area contributed by atoms with E-state index in [0.29, 0.717) is 6.54 Å². The number of nitrogens with one attached hydrogen (secondary N) is 1. The number of nitrogens with zero attached hydrogens (tertiary/aromatic N) is 2. The summed E-state index contributed by atoms with van der Waals surface area (Å²) < 4.78 is 0. The normalized spacial score (nSPS) is 25.6. The molecule has 2 saturated heterocycles. The molecular formula is C17H25N3O. The van der Waals surface area contributed by atoms with Gasteiger partial charge in [0.15, 0.2) is 0 Å². The smallest absolute Gasteiger partial charge is 0.241 e. The van der Waals surface area contributed by atoms with E-state index < -0.39 is 0 Å². The Balaban J connectivity index is 1.60. The molecule has 0 aromatic heterocycles. The molecule has 2 aliphatic rings. The van der Waals surface area contributed by atoms with Crippen LogP contribution in [0.4, 0.5) is 5.69 Å². The average Bonchev–Trinajstić information content (AvgIpc) is 2.96. The van der Waals surface area contributed by atoms with Gasteiger partial charge in [-0.3, -0.25) is 9.69 Å². The standard InChI is InChI=1S/C17H25N3O/c1-2-20(16-6-4-3-5-7-16)17(21)13-19-9-8-14-10-18-11-15(14)12-19/h3-7,14-15,18H,2,8-13H2,1H3. The van der Waals surface area contributed by atoms with Gasteiger partial charge in [-0.25, -0.2) is 0 Å². The van der Waals surface area contributed by atoms with Gasteiger partial charge in [0, 0.05) is 18.8 Å². The average molecular weight is 287 g/mol. The number of amides is 1. The summed E-state index contributed by atoms with van der Waals surface area (Å²) in [7, 11) is 0. The molecule has 2 heterocycles. The molecule has 2 unspecified atom stereocenters. The molecule has 0 spiro atoms. The lowest BCUT2D eigenvalue weighted by molar-refractivity contribution is -0.120. The number of likely N-dealkylation sites (tertiary alicyclic amines) is 1. The molecule has 1 amide bonds. The minimum atomic E-state index is 0.216. The molecule has 2 fully saturated rings. The Labute approximate surface area is 127 Å². The Morgan fingerprint density at radius 2 is 2.05 bits per heavy atom. The lowest BCUT2D eigenvalue weighted by atomic mass is 9.89. The van der Waals surface area contributed by atoms with E-state index in [2.05, 4.69) is 10.2 Å². The monoisotopic (exact) mass is 287 g/mol. The molecule has 3 rings (SSSR count). The van der Waals surface area contributed by atoms with E-state index in [1.54, 1.807) is 0 Å². The van der Waals surface area contributed by atoms with Crippen LogP contribution in [0.15, 0.2) is 30.3 Å². The molecule has 0 saturated carbocycles. The zero-order valence-electron chi connectivity index (χ0n) is 12.8. The number of piperidine rings is 1. The maximum atomic E-state index is 12.6. The molecule has 21 heavy (non-hydrogen) atoms. The van der Waals surface area contributed by atoms with Gasteiger partial charge in [0.25, 0.3) is 0 Å². The number of rotatable bonds is 4. The van der Waals surface area contributed by atoms with Gasteiger partial charge in [-0.15, -0.1) is 0 Å². The lowest BCUT2D eigenvalue weighted by Crippen LogP contribution is -2.46. The van der Waals surface area contributed by atoms with Gasteiger partial charge in [0.1, 0.15) is 0 Å². The maximum absolute atomic E-state index is 12.6. The Morgan fingerprint density at radius 1 is 1.29 bits per heavy atom. The van der Waals surface area contributed by atoms with Crippen LogP contribution >= 0.6 is 0 Å². The first-order chi connectivity index (χ1) is 10.3. The summed E-state index contributed by atoms with van der Waals surface area (Å²) in [5.41, 5.74) is 1.00. The highest BCUT2D eigenvalue weighted by molar-refractivity contribution is 5.94. The topological polar surface area (TPSA) is 35.6 Å². The van der Waals surface area contributed by atoms with E-state index in [0.717, 1.165) is 50.2 Å². The van der Waals surface area contributed by atoms with Crippen LogP contribution in [-0.4, -0.2) is 50.1 Å². The summed E-state index contributed by atoms with van der Waals surface area (Å²) in [6.45, 7) is 7.72. The predicted molar refractivity (Wildman–Crippen MR) is 85.4 cm³/mol. The van der Waals surface area contributed by atoms with Gasteiger partial charge in [-0.05, 0) is 56.9 Å². The third-order valence-corrected chi connectivity index (χ3v) is 4.83. The first-order valence-corrected chi connectivity index (χ1v) is 8.06. The number of carbonyl (C=O) groups is 1.